The average Bonchev–Trinajstić information content (AvgIpc) is 3.19. The van der Waals surface area contributed by atoms with Crippen LogP contribution in [0.2, 0.25) is 0 Å². The highest BCUT2D eigenvalue weighted by molar-refractivity contribution is 9.10. The lowest BCUT2D eigenvalue weighted by atomic mass is 10.1. The van der Waals surface area contributed by atoms with Crippen molar-refractivity contribution in [2.24, 2.45) is 5.73 Å². The van der Waals surface area contributed by atoms with Gasteiger partial charge in [0.1, 0.15) is 5.69 Å². The number of hydrogen-bond acceptors (Lipinski definition) is 7. The highest BCUT2D eigenvalue weighted by atomic mass is 79.9. The summed E-state index contributed by atoms with van der Waals surface area (Å²) in [5.41, 5.74) is 5.76. The molecule has 0 spiro atoms. The second kappa shape index (κ2) is 8.36. The quantitative estimate of drug-likeness (QED) is 0.534. The fraction of sp³-hybridized carbons (Fsp3) is 0.158. The molecule has 1 heterocycles. The molecule has 2 N–H and O–H groups in total. The van der Waals surface area contributed by atoms with Gasteiger partial charge in [-0.15, -0.1) is 4.09 Å². The highest BCUT2D eigenvalue weighted by Gasteiger charge is 2.26. The number of aromatic nitrogens is 2. The van der Waals surface area contributed by atoms with Crippen molar-refractivity contribution in [1.29, 1.82) is 0 Å². The third-order valence-electron chi connectivity index (χ3n) is 4.23. The molecule has 30 heavy (non-hydrogen) atoms. The van der Waals surface area contributed by atoms with E-state index in [-0.39, 0.29) is 16.3 Å². The monoisotopic (exact) mass is 495 g/mol. The number of carbonyl (C=O) groups excluding carboxylic acids is 1. The maximum Gasteiger partial charge on any atom is 0.283 e. The molecule has 2 aromatic carbocycles. The van der Waals surface area contributed by atoms with Crippen LogP contribution in [-0.4, -0.2) is 44.8 Å². The Hall–Kier alpha value is -3.05. The van der Waals surface area contributed by atoms with Gasteiger partial charge >= 0.3 is 0 Å². The summed E-state index contributed by atoms with van der Waals surface area (Å²) >= 11 is 3.25. The van der Waals surface area contributed by atoms with Gasteiger partial charge in [-0.3, -0.25) is 4.79 Å². The summed E-state index contributed by atoms with van der Waals surface area (Å²) in [6, 6.07) is 10.4. The molecule has 0 atom stereocenters. The number of nitrogens with two attached hydrogens (primary N) is 1. The molecule has 0 aliphatic heterocycles. The van der Waals surface area contributed by atoms with Crippen LogP contribution in [0.1, 0.15) is 10.5 Å². The van der Waals surface area contributed by atoms with Crippen LogP contribution in [-0.2, 0) is 10.0 Å². The maximum atomic E-state index is 13.1. The summed E-state index contributed by atoms with van der Waals surface area (Å²) in [5, 5.41) is 4.14. The number of methoxy groups -OCH3 is 3. The minimum absolute atomic E-state index is 0.0484. The summed E-state index contributed by atoms with van der Waals surface area (Å²) in [6.45, 7) is 0. The molecule has 0 saturated heterocycles. The van der Waals surface area contributed by atoms with Crippen molar-refractivity contribution < 1.29 is 27.4 Å². The second-order valence-corrected chi connectivity index (χ2v) is 8.68. The first-order valence-corrected chi connectivity index (χ1v) is 10.7. The van der Waals surface area contributed by atoms with E-state index in [2.05, 4.69) is 21.0 Å². The molecule has 0 fully saturated rings. The summed E-state index contributed by atoms with van der Waals surface area (Å²) in [6.07, 6.45) is 0. The predicted molar refractivity (Wildman–Crippen MR) is 113 cm³/mol. The first kappa shape index (κ1) is 21.7. The molecule has 0 bridgehead atoms. The number of halogens is 1. The third-order valence-corrected chi connectivity index (χ3v) is 6.36. The molecule has 9 nitrogen and oxygen atoms in total. The van der Waals surface area contributed by atoms with Crippen LogP contribution < -0.4 is 19.9 Å². The van der Waals surface area contributed by atoms with E-state index in [4.69, 9.17) is 19.9 Å². The number of primary amides is 1. The molecule has 3 rings (SSSR count). The Morgan fingerprint density at radius 3 is 2.03 bits per heavy atom. The Balaban J connectivity index is 2.21. The number of carbonyl (C=O) groups is 1. The predicted octanol–water partition coefficient (Wildman–Crippen LogP) is 2.67. The van der Waals surface area contributed by atoms with Crippen molar-refractivity contribution in [3.63, 3.8) is 0 Å². The van der Waals surface area contributed by atoms with Crippen LogP contribution >= 0.6 is 15.9 Å². The van der Waals surface area contributed by atoms with Crippen LogP contribution in [0.25, 0.3) is 11.3 Å². The van der Waals surface area contributed by atoms with Gasteiger partial charge < -0.3 is 19.9 Å². The Labute approximate surface area is 181 Å². The van der Waals surface area contributed by atoms with Gasteiger partial charge in [-0.25, -0.2) is 0 Å². The van der Waals surface area contributed by atoms with Gasteiger partial charge in [-0.05, 0) is 42.5 Å². The lowest BCUT2D eigenvalue weighted by Gasteiger charge is -2.13. The summed E-state index contributed by atoms with van der Waals surface area (Å²) < 4.78 is 43.4. The van der Waals surface area contributed by atoms with Gasteiger partial charge in [0.2, 0.25) is 5.75 Å². The van der Waals surface area contributed by atoms with E-state index in [0.29, 0.717) is 31.4 Å². The Morgan fingerprint density at radius 2 is 1.57 bits per heavy atom. The zero-order chi connectivity index (χ0) is 22.1. The number of amides is 1. The van der Waals surface area contributed by atoms with Crippen LogP contribution in [0.5, 0.6) is 17.2 Å². The molecular formula is C19H18BrN3O6S. The van der Waals surface area contributed by atoms with E-state index >= 15 is 0 Å². The van der Waals surface area contributed by atoms with Gasteiger partial charge in [0.15, 0.2) is 11.5 Å². The SMILES string of the molecule is COc1cc(-c2cc(C(N)=O)n(S(=O)(=O)c3ccc(Br)cc3)n2)cc(OC)c1OC. The van der Waals surface area contributed by atoms with Crippen molar-refractivity contribution in [2.45, 2.75) is 4.90 Å². The van der Waals surface area contributed by atoms with E-state index in [9.17, 15) is 13.2 Å². The molecule has 0 aliphatic carbocycles. The minimum Gasteiger partial charge on any atom is -0.493 e. The first-order chi connectivity index (χ1) is 14.2. The molecule has 0 radical (unpaired) electrons. The fourth-order valence-corrected chi connectivity index (χ4v) is 4.33. The van der Waals surface area contributed by atoms with Crippen molar-refractivity contribution in [1.82, 2.24) is 9.19 Å². The van der Waals surface area contributed by atoms with E-state index < -0.39 is 15.9 Å². The van der Waals surface area contributed by atoms with Gasteiger partial charge in [-0.1, -0.05) is 15.9 Å². The van der Waals surface area contributed by atoms with Crippen LogP contribution in [0.15, 0.2) is 51.8 Å². The van der Waals surface area contributed by atoms with Gasteiger partial charge in [0, 0.05) is 10.0 Å². The van der Waals surface area contributed by atoms with E-state index in [1.807, 2.05) is 0 Å². The molecule has 11 heteroatoms. The number of benzene rings is 2. The van der Waals surface area contributed by atoms with Crippen molar-refractivity contribution >= 4 is 31.9 Å². The van der Waals surface area contributed by atoms with Crippen molar-refractivity contribution in [2.75, 3.05) is 21.3 Å². The fourth-order valence-electron chi connectivity index (χ4n) is 2.79. The normalized spacial score (nSPS) is 11.2. The largest absolute Gasteiger partial charge is 0.493 e. The summed E-state index contributed by atoms with van der Waals surface area (Å²) in [4.78, 5) is 11.9. The van der Waals surface area contributed by atoms with E-state index in [1.54, 1.807) is 24.3 Å². The number of rotatable bonds is 7. The Morgan fingerprint density at radius 1 is 1.00 bits per heavy atom. The number of hydrogen-bond donors (Lipinski definition) is 1. The molecule has 1 aromatic heterocycles. The lowest BCUT2D eigenvalue weighted by molar-refractivity contribution is 0.0994. The smallest absolute Gasteiger partial charge is 0.283 e. The van der Waals surface area contributed by atoms with Crippen LogP contribution in [0, 0.1) is 0 Å². The van der Waals surface area contributed by atoms with Gasteiger partial charge in [0.25, 0.3) is 15.9 Å². The highest BCUT2D eigenvalue weighted by Crippen LogP contribution is 2.41. The van der Waals surface area contributed by atoms with Crippen LogP contribution in [0.3, 0.4) is 0 Å². The molecule has 3 aromatic rings. The summed E-state index contributed by atoms with van der Waals surface area (Å²) in [7, 11) is 0.199. The zero-order valence-electron chi connectivity index (χ0n) is 16.2. The number of nitrogens with zero attached hydrogens (tertiary/aromatic N) is 2. The van der Waals surface area contributed by atoms with E-state index in [1.165, 1.54) is 39.5 Å². The molecular weight excluding hydrogens is 478 g/mol. The lowest BCUT2D eigenvalue weighted by Crippen LogP contribution is -2.23. The standard InChI is InChI=1S/C19H18BrN3O6S/c1-27-16-8-11(9-17(28-2)18(16)29-3)14-10-15(19(21)24)23(22-14)30(25,26)13-6-4-12(20)5-7-13/h4-10H,1-3H3,(H2,21,24). The third kappa shape index (κ3) is 3.85. The Bertz CT molecular complexity index is 1180. The average molecular weight is 496 g/mol. The molecule has 1 amide bonds. The minimum atomic E-state index is -4.17. The molecule has 0 unspecified atom stereocenters. The van der Waals surface area contributed by atoms with Crippen LogP contribution in [0.4, 0.5) is 0 Å². The Kier molecular flexibility index (Phi) is 6.04. The van der Waals surface area contributed by atoms with Crippen molar-refractivity contribution in [3.8, 4) is 28.5 Å². The maximum absolute atomic E-state index is 13.1. The second-order valence-electron chi connectivity index (χ2n) is 6.00. The zero-order valence-corrected chi connectivity index (χ0v) is 18.7. The first-order valence-electron chi connectivity index (χ1n) is 8.44. The molecule has 0 aliphatic rings. The molecule has 158 valence electrons. The van der Waals surface area contributed by atoms with E-state index in [0.717, 1.165) is 0 Å². The number of ether oxygens (including phenoxy) is 3. The topological polar surface area (TPSA) is 123 Å². The summed E-state index contributed by atoms with van der Waals surface area (Å²) in [5.74, 6) is 0.109. The van der Waals surface area contributed by atoms with Crippen molar-refractivity contribution in [3.05, 3.63) is 52.6 Å². The van der Waals surface area contributed by atoms with Gasteiger partial charge in [-0.2, -0.15) is 13.5 Å². The van der Waals surface area contributed by atoms with Gasteiger partial charge in [0.05, 0.1) is 31.9 Å². The molecule has 0 saturated carbocycles.